The van der Waals surface area contributed by atoms with Gasteiger partial charge in [-0.2, -0.15) is 0 Å². The Balaban J connectivity index is 0.000000213. The summed E-state index contributed by atoms with van der Waals surface area (Å²) in [5, 5.41) is 40.9. The molecule has 4 amide bonds. The minimum Gasteiger partial charge on any atom is -0.459 e. The zero-order valence-corrected chi connectivity index (χ0v) is 33.2. The van der Waals surface area contributed by atoms with E-state index in [1.807, 2.05) is 0 Å². The van der Waals surface area contributed by atoms with E-state index in [9.17, 15) is 49.2 Å². The van der Waals surface area contributed by atoms with Gasteiger partial charge in [0.1, 0.15) is 49.2 Å². The molecule has 8 rings (SSSR count). The minimum absolute atomic E-state index is 0.166. The quantitative estimate of drug-likeness (QED) is 0.129. The van der Waals surface area contributed by atoms with Crippen molar-refractivity contribution in [2.75, 3.05) is 27.4 Å². The zero-order chi connectivity index (χ0) is 44.2. The van der Waals surface area contributed by atoms with Crippen LogP contribution in [-0.2, 0) is 28.4 Å². The summed E-state index contributed by atoms with van der Waals surface area (Å²) in [6.07, 6.45) is -10.8. The normalized spacial score (nSPS) is 27.8. The maximum Gasteiger partial charge on any atom is 0.338 e. The van der Waals surface area contributed by atoms with E-state index in [-0.39, 0.29) is 27.8 Å². The minimum atomic E-state index is -1.60. The molecule has 4 aliphatic heterocycles. The first-order chi connectivity index (χ1) is 29.9. The molecule has 324 valence electrons. The number of hydrogen-bond donors (Lipinski definition) is 4. The molecule has 0 aromatic heterocycles. The molecule has 4 aromatic carbocycles. The van der Waals surface area contributed by atoms with Crippen LogP contribution in [0.4, 0.5) is 0 Å². The Morgan fingerprint density at radius 3 is 1.40 bits per heavy atom. The van der Waals surface area contributed by atoms with Gasteiger partial charge in [-0.25, -0.2) is 9.59 Å². The summed E-state index contributed by atoms with van der Waals surface area (Å²) in [5.41, 5.74) is 1.26. The molecule has 2 saturated heterocycles. The first-order valence-electron chi connectivity index (χ1n) is 19.3. The number of rotatable bonds is 10. The van der Waals surface area contributed by atoms with Crippen molar-refractivity contribution in [2.24, 2.45) is 0 Å². The van der Waals surface area contributed by atoms with Gasteiger partial charge in [0.25, 0.3) is 23.6 Å². The molecule has 10 unspecified atom stereocenters. The highest BCUT2D eigenvalue weighted by molar-refractivity contribution is 6.22. The molecule has 0 aliphatic carbocycles. The van der Waals surface area contributed by atoms with E-state index in [1.165, 1.54) is 50.6 Å². The average Bonchev–Trinajstić information content (AvgIpc) is 3.71. The molecule has 18 heteroatoms. The fraction of sp³-hybridized carbons (Fsp3) is 0.318. The highest BCUT2D eigenvalue weighted by Crippen LogP contribution is 2.35. The summed E-state index contributed by atoms with van der Waals surface area (Å²) in [6, 6.07) is 26.3. The van der Waals surface area contributed by atoms with Crippen molar-refractivity contribution in [1.82, 2.24) is 9.80 Å². The first kappa shape index (κ1) is 43.9. The number of benzene rings is 4. The number of aliphatic hydroxyl groups is 4. The third kappa shape index (κ3) is 8.25. The second-order valence-electron chi connectivity index (χ2n) is 14.4. The summed E-state index contributed by atoms with van der Waals surface area (Å²) in [7, 11) is 2.57. The first-order valence-corrected chi connectivity index (χ1v) is 19.3. The lowest BCUT2D eigenvalue weighted by atomic mass is 9.95. The number of methoxy groups -OCH3 is 2. The van der Waals surface area contributed by atoms with Crippen molar-refractivity contribution in [2.45, 2.75) is 61.3 Å². The Labute approximate surface area is 353 Å². The molecule has 4 aliphatic rings. The van der Waals surface area contributed by atoms with Crippen molar-refractivity contribution in [3.63, 3.8) is 0 Å². The van der Waals surface area contributed by atoms with Crippen LogP contribution < -0.4 is 0 Å². The van der Waals surface area contributed by atoms with Gasteiger partial charge in [0.2, 0.25) is 0 Å². The monoisotopic (exact) mass is 854 g/mol. The number of fused-ring (bicyclic) bond motifs is 2. The number of carbonyl (C=O) groups is 6. The van der Waals surface area contributed by atoms with Crippen LogP contribution in [0.15, 0.2) is 109 Å². The summed E-state index contributed by atoms with van der Waals surface area (Å²) in [4.78, 5) is 79.0. The Kier molecular flexibility index (Phi) is 13.3. The predicted octanol–water partition coefficient (Wildman–Crippen LogP) is 1.20. The van der Waals surface area contributed by atoms with E-state index < -0.39 is 110 Å². The van der Waals surface area contributed by atoms with Gasteiger partial charge in [-0.1, -0.05) is 60.7 Å². The number of amides is 4. The number of esters is 2. The Bertz CT molecular complexity index is 2240. The molecule has 2 fully saturated rings. The van der Waals surface area contributed by atoms with E-state index in [0.717, 1.165) is 9.80 Å². The molecular weight excluding hydrogens is 812 g/mol. The van der Waals surface area contributed by atoms with E-state index in [1.54, 1.807) is 72.8 Å². The standard InChI is InChI=1S/C29H25NO9.C15H17NO7/c1-36-29-22(30-25(32)19-14-8-9-15-20(19)26(30)33)24(39-28(35)18-12-6-3-7-13-18)23(31)21(38-29)16-37-27(34)17-10-4-2-5-11-17;1-22-15-10(12(19)11(18)9(6-17)23-15)16-13(20)7-4-2-3-5-8(7)14(16)21/h2-15,21-24,29,31H,16H2,1H3;2-5,9-12,15,17-19H,6H2,1H3. The summed E-state index contributed by atoms with van der Waals surface area (Å²) < 4.78 is 32.9. The highest BCUT2D eigenvalue weighted by atomic mass is 16.7. The SMILES string of the molecule is COC1OC(CO)C(O)C(O)C1N1C(=O)c2ccccc2C1=O.COC1OC(COC(=O)c2ccccc2)C(O)C(OC(=O)c2ccccc2)C1N1C(=O)c2ccccc2C1=O. The van der Waals surface area contributed by atoms with Gasteiger partial charge in [0.15, 0.2) is 18.7 Å². The molecule has 4 N–H and O–H groups in total. The average molecular weight is 855 g/mol. The summed E-state index contributed by atoms with van der Waals surface area (Å²) in [5.74, 6) is -3.91. The third-order valence-corrected chi connectivity index (χ3v) is 10.8. The lowest BCUT2D eigenvalue weighted by Gasteiger charge is -2.45. The van der Waals surface area contributed by atoms with Crippen molar-refractivity contribution in [3.8, 4) is 0 Å². The van der Waals surface area contributed by atoms with Crippen molar-refractivity contribution >= 4 is 35.6 Å². The van der Waals surface area contributed by atoms with Crippen LogP contribution in [0, 0.1) is 0 Å². The lowest BCUT2D eigenvalue weighted by Crippen LogP contribution is -2.66. The maximum absolute atomic E-state index is 13.3. The van der Waals surface area contributed by atoms with E-state index in [0.29, 0.717) is 5.56 Å². The number of hydrogen-bond acceptors (Lipinski definition) is 16. The number of carbonyl (C=O) groups excluding carboxylic acids is 6. The smallest absolute Gasteiger partial charge is 0.338 e. The summed E-state index contributed by atoms with van der Waals surface area (Å²) >= 11 is 0. The van der Waals surface area contributed by atoms with Gasteiger partial charge in [-0.15, -0.1) is 0 Å². The van der Waals surface area contributed by atoms with Crippen molar-refractivity contribution in [1.29, 1.82) is 0 Å². The van der Waals surface area contributed by atoms with Gasteiger partial charge >= 0.3 is 11.9 Å². The van der Waals surface area contributed by atoms with Crippen LogP contribution >= 0.6 is 0 Å². The molecule has 0 spiro atoms. The number of ether oxygens (including phenoxy) is 6. The van der Waals surface area contributed by atoms with Gasteiger partial charge in [0.05, 0.1) is 40.0 Å². The van der Waals surface area contributed by atoms with Crippen LogP contribution in [-0.4, -0.2) is 155 Å². The topological polar surface area (TPSA) is 245 Å². The van der Waals surface area contributed by atoms with Crippen LogP contribution in [0.3, 0.4) is 0 Å². The fourth-order valence-electron chi connectivity index (χ4n) is 7.72. The van der Waals surface area contributed by atoms with E-state index in [2.05, 4.69) is 0 Å². The molecular formula is C44H42N2O16. The van der Waals surface area contributed by atoms with Crippen LogP contribution in [0.5, 0.6) is 0 Å². The van der Waals surface area contributed by atoms with E-state index in [4.69, 9.17) is 28.4 Å². The molecule has 0 saturated carbocycles. The zero-order valence-electron chi connectivity index (χ0n) is 33.2. The summed E-state index contributed by atoms with van der Waals surface area (Å²) in [6.45, 7) is -0.949. The molecule has 18 nitrogen and oxygen atoms in total. The van der Waals surface area contributed by atoms with Crippen molar-refractivity contribution in [3.05, 3.63) is 143 Å². The number of nitrogens with zero attached hydrogens (tertiary/aromatic N) is 2. The van der Waals surface area contributed by atoms with Crippen LogP contribution in [0.1, 0.15) is 62.1 Å². The third-order valence-electron chi connectivity index (χ3n) is 10.8. The number of imide groups is 2. The van der Waals surface area contributed by atoms with Gasteiger partial charge in [-0.05, 0) is 48.5 Å². The molecule has 0 bridgehead atoms. The largest absolute Gasteiger partial charge is 0.459 e. The predicted molar refractivity (Wildman–Crippen MR) is 210 cm³/mol. The molecule has 10 atom stereocenters. The fourth-order valence-corrected chi connectivity index (χ4v) is 7.72. The van der Waals surface area contributed by atoms with Gasteiger partial charge in [-0.3, -0.25) is 29.0 Å². The van der Waals surface area contributed by atoms with E-state index >= 15 is 0 Å². The van der Waals surface area contributed by atoms with Crippen molar-refractivity contribution < 1.29 is 77.6 Å². The second-order valence-corrected chi connectivity index (χ2v) is 14.4. The Morgan fingerprint density at radius 1 is 0.548 bits per heavy atom. The molecule has 4 aromatic rings. The van der Waals surface area contributed by atoms with Gasteiger partial charge < -0.3 is 48.8 Å². The molecule has 0 radical (unpaired) electrons. The van der Waals surface area contributed by atoms with Gasteiger partial charge in [0, 0.05) is 14.2 Å². The lowest BCUT2D eigenvalue weighted by molar-refractivity contribution is -0.272. The highest BCUT2D eigenvalue weighted by Gasteiger charge is 2.56. The van der Waals surface area contributed by atoms with Crippen LogP contribution in [0.2, 0.25) is 0 Å². The Hall–Kier alpha value is -6.22. The molecule has 62 heavy (non-hydrogen) atoms. The molecule has 4 heterocycles. The van der Waals surface area contributed by atoms with Crippen LogP contribution in [0.25, 0.3) is 0 Å². The number of aliphatic hydroxyl groups excluding tert-OH is 4. The second kappa shape index (κ2) is 18.8. The Morgan fingerprint density at radius 2 is 0.952 bits per heavy atom. The maximum atomic E-state index is 13.3.